The molecule has 0 radical (unpaired) electrons. The Labute approximate surface area is 139 Å². The van der Waals surface area contributed by atoms with Gasteiger partial charge in [0.25, 0.3) is 0 Å². The molecular formula is C18H32N2O3. The van der Waals surface area contributed by atoms with Crippen molar-refractivity contribution in [3.8, 4) is 0 Å². The summed E-state index contributed by atoms with van der Waals surface area (Å²) in [5.41, 5.74) is 5.68. The van der Waals surface area contributed by atoms with Crippen molar-refractivity contribution < 1.29 is 14.7 Å². The molecule has 0 saturated heterocycles. The zero-order valence-electron chi connectivity index (χ0n) is 14.2. The Hall–Kier alpha value is -1.10. The minimum atomic E-state index is -0.758. The third-order valence-corrected chi connectivity index (χ3v) is 5.98. The lowest BCUT2D eigenvalue weighted by molar-refractivity contribution is -0.141. The first-order valence-corrected chi connectivity index (χ1v) is 9.18. The Bertz CT molecular complexity index is 410. The molecule has 2 aliphatic rings. The summed E-state index contributed by atoms with van der Waals surface area (Å²) in [5.74, 6) is -0.709. The van der Waals surface area contributed by atoms with Crippen LogP contribution in [0.15, 0.2) is 0 Å². The molecule has 2 fully saturated rings. The second-order valence-electron chi connectivity index (χ2n) is 7.85. The molecule has 2 rings (SSSR count). The van der Waals surface area contributed by atoms with Crippen molar-refractivity contribution in [1.29, 1.82) is 0 Å². The Morgan fingerprint density at radius 1 is 0.870 bits per heavy atom. The fourth-order valence-electron chi connectivity index (χ4n) is 4.48. The Balaban J connectivity index is 1.89. The van der Waals surface area contributed by atoms with Crippen molar-refractivity contribution in [1.82, 2.24) is 5.32 Å². The van der Waals surface area contributed by atoms with Crippen LogP contribution >= 0.6 is 0 Å². The van der Waals surface area contributed by atoms with Crippen molar-refractivity contribution in [3.05, 3.63) is 0 Å². The van der Waals surface area contributed by atoms with Crippen molar-refractivity contribution in [2.45, 2.75) is 77.0 Å². The molecule has 0 aromatic heterocycles. The predicted molar refractivity (Wildman–Crippen MR) is 90.0 cm³/mol. The maximum Gasteiger partial charge on any atom is 0.303 e. The minimum absolute atomic E-state index is 0.0329. The first kappa shape index (κ1) is 18.2. The van der Waals surface area contributed by atoms with E-state index in [0.717, 1.165) is 51.4 Å². The summed E-state index contributed by atoms with van der Waals surface area (Å²) in [6.45, 7) is 1.07. The maximum atomic E-state index is 12.4. The Morgan fingerprint density at radius 2 is 1.39 bits per heavy atom. The lowest BCUT2D eigenvalue weighted by Gasteiger charge is -2.38. The van der Waals surface area contributed by atoms with Crippen LogP contribution in [0.25, 0.3) is 0 Å². The highest BCUT2D eigenvalue weighted by atomic mass is 16.4. The summed E-state index contributed by atoms with van der Waals surface area (Å²) >= 11 is 0. The number of nitrogens with two attached hydrogens (primary N) is 1. The largest absolute Gasteiger partial charge is 0.481 e. The number of amides is 1. The van der Waals surface area contributed by atoms with E-state index < -0.39 is 5.97 Å². The van der Waals surface area contributed by atoms with Crippen molar-refractivity contribution in [2.24, 2.45) is 16.6 Å². The van der Waals surface area contributed by atoms with Crippen LogP contribution < -0.4 is 11.1 Å². The van der Waals surface area contributed by atoms with Gasteiger partial charge in [-0.15, -0.1) is 0 Å². The molecule has 1 amide bonds. The smallest absolute Gasteiger partial charge is 0.303 e. The van der Waals surface area contributed by atoms with Crippen LogP contribution in [0.4, 0.5) is 0 Å². The highest BCUT2D eigenvalue weighted by molar-refractivity contribution is 5.77. The molecule has 0 heterocycles. The fourth-order valence-corrected chi connectivity index (χ4v) is 4.48. The molecule has 5 nitrogen and oxygen atoms in total. The molecule has 23 heavy (non-hydrogen) atoms. The Kier molecular flexibility index (Phi) is 6.45. The highest BCUT2D eigenvalue weighted by Crippen LogP contribution is 2.40. The molecule has 132 valence electrons. The standard InChI is InChI=1S/C18H32N2O3/c19-13-17(7-3-1-4-8-17)11-15(21)20-14-18(12-16(22)23)9-5-2-6-10-18/h1-14,19H2,(H,20,21)(H,22,23). The SMILES string of the molecule is NCC1(CC(=O)NCC2(CC(=O)O)CCCCC2)CCCCC1. The number of aliphatic carboxylic acids is 1. The van der Waals surface area contributed by atoms with Gasteiger partial charge in [-0.05, 0) is 43.1 Å². The third-order valence-electron chi connectivity index (χ3n) is 5.98. The van der Waals surface area contributed by atoms with Gasteiger partial charge in [-0.1, -0.05) is 38.5 Å². The first-order chi connectivity index (χ1) is 11.0. The molecule has 2 aliphatic carbocycles. The Morgan fingerprint density at radius 3 is 1.87 bits per heavy atom. The van der Waals surface area contributed by atoms with Gasteiger partial charge in [0.15, 0.2) is 0 Å². The quantitative estimate of drug-likeness (QED) is 0.671. The van der Waals surface area contributed by atoms with E-state index in [1.165, 1.54) is 12.8 Å². The van der Waals surface area contributed by atoms with E-state index in [-0.39, 0.29) is 23.2 Å². The molecule has 0 bridgehead atoms. The number of rotatable bonds is 7. The summed E-state index contributed by atoms with van der Waals surface area (Å²) in [6, 6.07) is 0. The average Bonchev–Trinajstić information content (AvgIpc) is 2.54. The number of carboxylic acids is 1. The van der Waals surface area contributed by atoms with Crippen LogP contribution in [0.2, 0.25) is 0 Å². The van der Waals surface area contributed by atoms with Gasteiger partial charge in [0, 0.05) is 13.0 Å². The van der Waals surface area contributed by atoms with E-state index in [1.807, 2.05) is 0 Å². The molecule has 5 heteroatoms. The number of carbonyl (C=O) groups is 2. The van der Waals surface area contributed by atoms with Gasteiger partial charge in [0.1, 0.15) is 0 Å². The van der Waals surface area contributed by atoms with Gasteiger partial charge in [-0.25, -0.2) is 0 Å². The van der Waals surface area contributed by atoms with Crippen LogP contribution in [-0.2, 0) is 9.59 Å². The molecule has 2 saturated carbocycles. The first-order valence-electron chi connectivity index (χ1n) is 9.18. The minimum Gasteiger partial charge on any atom is -0.481 e. The molecule has 0 aromatic carbocycles. The fraction of sp³-hybridized carbons (Fsp3) is 0.889. The lowest BCUT2D eigenvalue weighted by Crippen LogP contribution is -2.43. The number of hydrogen-bond acceptors (Lipinski definition) is 3. The van der Waals surface area contributed by atoms with Crippen molar-refractivity contribution >= 4 is 11.9 Å². The molecule has 0 atom stereocenters. The average molecular weight is 324 g/mol. The van der Waals surface area contributed by atoms with E-state index >= 15 is 0 Å². The predicted octanol–water partition coefficient (Wildman–Crippen LogP) is 2.83. The molecule has 4 N–H and O–H groups in total. The number of hydrogen-bond donors (Lipinski definition) is 3. The third kappa shape index (κ3) is 5.20. The van der Waals surface area contributed by atoms with Crippen LogP contribution in [0.1, 0.15) is 77.0 Å². The molecule has 0 aliphatic heterocycles. The highest BCUT2D eigenvalue weighted by Gasteiger charge is 2.36. The molecular weight excluding hydrogens is 292 g/mol. The van der Waals surface area contributed by atoms with Crippen LogP contribution in [0, 0.1) is 10.8 Å². The van der Waals surface area contributed by atoms with E-state index in [4.69, 9.17) is 5.73 Å². The zero-order valence-corrected chi connectivity index (χ0v) is 14.2. The van der Waals surface area contributed by atoms with Gasteiger partial charge in [-0.3, -0.25) is 9.59 Å². The second kappa shape index (κ2) is 8.13. The van der Waals surface area contributed by atoms with Crippen LogP contribution in [-0.4, -0.2) is 30.1 Å². The van der Waals surface area contributed by atoms with Gasteiger partial charge < -0.3 is 16.2 Å². The van der Waals surface area contributed by atoms with Gasteiger partial charge in [0.2, 0.25) is 5.91 Å². The van der Waals surface area contributed by atoms with Gasteiger partial charge in [-0.2, -0.15) is 0 Å². The summed E-state index contributed by atoms with van der Waals surface area (Å²) < 4.78 is 0. The van der Waals surface area contributed by atoms with Gasteiger partial charge >= 0.3 is 5.97 Å². The summed E-state index contributed by atoms with van der Waals surface area (Å²) in [4.78, 5) is 23.6. The van der Waals surface area contributed by atoms with E-state index in [9.17, 15) is 14.7 Å². The summed E-state index contributed by atoms with van der Waals surface area (Å²) in [6.07, 6.45) is 11.4. The van der Waals surface area contributed by atoms with Gasteiger partial charge in [0.05, 0.1) is 6.42 Å². The van der Waals surface area contributed by atoms with E-state index in [1.54, 1.807) is 0 Å². The molecule has 0 spiro atoms. The van der Waals surface area contributed by atoms with Crippen LogP contribution in [0.3, 0.4) is 0 Å². The number of nitrogens with one attached hydrogen (secondary N) is 1. The van der Waals surface area contributed by atoms with E-state index in [0.29, 0.717) is 19.5 Å². The van der Waals surface area contributed by atoms with Crippen molar-refractivity contribution in [2.75, 3.05) is 13.1 Å². The molecule has 0 unspecified atom stereocenters. The molecule has 0 aromatic rings. The second-order valence-corrected chi connectivity index (χ2v) is 7.85. The number of carboxylic acid groups (broad SMARTS) is 1. The topological polar surface area (TPSA) is 92.4 Å². The normalized spacial score (nSPS) is 23.2. The maximum absolute atomic E-state index is 12.4. The summed E-state index contributed by atoms with van der Waals surface area (Å²) in [5, 5.41) is 12.3. The monoisotopic (exact) mass is 324 g/mol. The van der Waals surface area contributed by atoms with Crippen molar-refractivity contribution in [3.63, 3.8) is 0 Å². The number of carbonyl (C=O) groups excluding carboxylic acids is 1. The zero-order chi connectivity index (χ0) is 16.8. The summed E-state index contributed by atoms with van der Waals surface area (Å²) in [7, 11) is 0. The lowest BCUT2D eigenvalue weighted by atomic mass is 9.70. The van der Waals surface area contributed by atoms with E-state index in [2.05, 4.69) is 5.32 Å². The van der Waals surface area contributed by atoms with Crippen LogP contribution in [0.5, 0.6) is 0 Å².